The Morgan fingerprint density at radius 1 is 1.46 bits per heavy atom. The summed E-state index contributed by atoms with van der Waals surface area (Å²) in [5.74, 6) is 0. The Balaban J connectivity index is 2.87. The first kappa shape index (κ1) is 9.32. The molecule has 6 nitrogen and oxygen atoms in total. The van der Waals surface area contributed by atoms with E-state index in [1.54, 1.807) is 0 Å². The maximum atomic E-state index is 9.56. The van der Waals surface area contributed by atoms with E-state index in [9.17, 15) is 15.3 Å². The van der Waals surface area contributed by atoms with E-state index >= 15 is 0 Å². The molecule has 1 aliphatic rings. The quantitative estimate of drug-likeness (QED) is 0.278. The van der Waals surface area contributed by atoms with E-state index in [0.717, 1.165) is 0 Å². The van der Waals surface area contributed by atoms with Gasteiger partial charge in [0.1, 0.15) is 23.4 Å². The van der Waals surface area contributed by atoms with Crippen LogP contribution in [0, 0.1) is 0 Å². The molecule has 0 heterocycles. The Morgan fingerprint density at radius 2 is 2.00 bits per heavy atom. The van der Waals surface area contributed by atoms with Gasteiger partial charge >= 0.3 is 0 Å². The van der Waals surface area contributed by atoms with Gasteiger partial charge in [-0.05, 0) is 0 Å². The number of hydrogen-bond donors (Lipinski definition) is 6. The lowest BCUT2D eigenvalue weighted by molar-refractivity contribution is -0.310. The third-order valence-corrected chi connectivity index (χ3v) is 2.35. The molecule has 1 rings (SSSR count). The summed E-state index contributed by atoms with van der Waals surface area (Å²) in [6, 6.07) is 0. The standard InChI is InChI=1S/C7H14O6/c8-1-4(10)7(13)2-6(12,3-9)5(7)11/h4-5,8-13H,1-3H2/t4-,5-,6+,7-/m1/s1/i2D/t2?,4-,5-,6+,7-. The molecule has 5 atom stereocenters. The monoisotopic (exact) mass is 195 g/mol. The molecule has 0 radical (unpaired) electrons. The minimum atomic E-state index is -2.30. The minimum absolute atomic E-state index is 0.843. The second-order valence-corrected chi connectivity index (χ2v) is 3.28. The highest BCUT2D eigenvalue weighted by atomic mass is 16.4. The number of aliphatic hydroxyl groups is 6. The summed E-state index contributed by atoms with van der Waals surface area (Å²) in [6.07, 6.45) is -5.26. The maximum absolute atomic E-state index is 9.56. The van der Waals surface area contributed by atoms with Crippen molar-refractivity contribution in [3.8, 4) is 0 Å². The highest BCUT2D eigenvalue weighted by molar-refractivity contribution is 5.16. The maximum Gasteiger partial charge on any atom is 0.124 e. The predicted molar refractivity (Wildman–Crippen MR) is 40.7 cm³/mol. The van der Waals surface area contributed by atoms with Crippen molar-refractivity contribution in [2.75, 3.05) is 13.2 Å². The van der Waals surface area contributed by atoms with E-state index < -0.39 is 43.0 Å². The van der Waals surface area contributed by atoms with Gasteiger partial charge in [-0.1, -0.05) is 0 Å². The van der Waals surface area contributed by atoms with Gasteiger partial charge in [0, 0.05) is 7.77 Å². The van der Waals surface area contributed by atoms with Crippen LogP contribution in [0.2, 0.25) is 0 Å². The molecule has 0 aromatic carbocycles. The van der Waals surface area contributed by atoms with Gasteiger partial charge in [-0.15, -0.1) is 0 Å². The van der Waals surface area contributed by atoms with Crippen molar-refractivity contribution in [1.82, 2.24) is 0 Å². The Kier molecular flexibility index (Phi) is 2.26. The number of aliphatic hydroxyl groups excluding tert-OH is 4. The van der Waals surface area contributed by atoms with Gasteiger partial charge in [-0.3, -0.25) is 0 Å². The van der Waals surface area contributed by atoms with Crippen LogP contribution in [0.5, 0.6) is 0 Å². The van der Waals surface area contributed by atoms with E-state index in [-0.39, 0.29) is 0 Å². The summed E-state index contributed by atoms with van der Waals surface area (Å²) in [7, 11) is 0. The van der Waals surface area contributed by atoms with Crippen LogP contribution in [-0.4, -0.2) is 67.3 Å². The Labute approximate surface area is 76.1 Å². The highest BCUT2D eigenvalue weighted by Gasteiger charge is 2.64. The van der Waals surface area contributed by atoms with E-state index in [0.29, 0.717) is 0 Å². The average Bonchev–Trinajstić information content (AvgIpc) is 2.23. The van der Waals surface area contributed by atoms with E-state index in [1.807, 2.05) is 0 Å². The summed E-state index contributed by atoms with van der Waals surface area (Å²) >= 11 is 0. The molecule has 6 heteroatoms. The molecule has 0 amide bonds. The Bertz CT molecular complexity index is 212. The average molecular weight is 195 g/mol. The molecule has 0 aliphatic heterocycles. The number of rotatable bonds is 3. The van der Waals surface area contributed by atoms with Gasteiger partial charge < -0.3 is 30.6 Å². The zero-order chi connectivity index (χ0) is 11.1. The second-order valence-electron chi connectivity index (χ2n) is 3.28. The molecule has 78 valence electrons. The topological polar surface area (TPSA) is 121 Å². The lowest BCUT2D eigenvalue weighted by atomic mass is 9.62. The largest absolute Gasteiger partial charge is 0.394 e. The van der Waals surface area contributed by atoms with Crippen molar-refractivity contribution in [3.05, 3.63) is 0 Å². The van der Waals surface area contributed by atoms with E-state index in [1.165, 1.54) is 0 Å². The van der Waals surface area contributed by atoms with Crippen molar-refractivity contribution in [3.63, 3.8) is 0 Å². The number of hydrogen-bond acceptors (Lipinski definition) is 6. The van der Waals surface area contributed by atoms with Crippen LogP contribution in [-0.2, 0) is 0 Å². The normalized spacial score (nSPS) is 53.8. The zero-order valence-electron chi connectivity index (χ0n) is 7.83. The first-order chi connectivity index (χ1) is 6.35. The van der Waals surface area contributed by atoms with Gasteiger partial charge in [-0.25, -0.2) is 0 Å². The fraction of sp³-hybridized carbons (Fsp3) is 1.00. The minimum Gasteiger partial charge on any atom is -0.394 e. The Hall–Kier alpha value is -0.240. The lowest BCUT2D eigenvalue weighted by Gasteiger charge is -2.55. The van der Waals surface area contributed by atoms with Crippen LogP contribution in [0.15, 0.2) is 0 Å². The fourth-order valence-electron chi connectivity index (χ4n) is 1.42. The molecular weight excluding hydrogens is 180 g/mol. The SMILES string of the molecule is [2H]C1[C@@](O)([C@H](O)CO)[C@H](O)[C@@]1(O)CO. The third-order valence-electron chi connectivity index (χ3n) is 2.35. The summed E-state index contributed by atoms with van der Waals surface area (Å²) in [5.41, 5.74) is -4.45. The zero-order valence-corrected chi connectivity index (χ0v) is 6.83. The smallest absolute Gasteiger partial charge is 0.124 e. The van der Waals surface area contributed by atoms with Crippen LogP contribution >= 0.6 is 0 Å². The van der Waals surface area contributed by atoms with Crippen molar-refractivity contribution in [2.24, 2.45) is 0 Å². The molecule has 0 bridgehead atoms. The molecule has 1 saturated carbocycles. The van der Waals surface area contributed by atoms with Gasteiger partial charge in [0.15, 0.2) is 0 Å². The summed E-state index contributed by atoms with van der Waals surface area (Å²) in [4.78, 5) is 0. The molecule has 6 N–H and O–H groups in total. The summed E-state index contributed by atoms with van der Waals surface area (Å²) < 4.78 is 7.29. The highest BCUT2D eigenvalue weighted by Crippen LogP contribution is 2.43. The van der Waals surface area contributed by atoms with Gasteiger partial charge in [0.05, 0.1) is 13.2 Å². The molecule has 13 heavy (non-hydrogen) atoms. The van der Waals surface area contributed by atoms with Crippen LogP contribution < -0.4 is 0 Å². The molecule has 0 spiro atoms. The van der Waals surface area contributed by atoms with Crippen LogP contribution in [0.3, 0.4) is 0 Å². The van der Waals surface area contributed by atoms with Crippen LogP contribution in [0.4, 0.5) is 0 Å². The van der Waals surface area contributed by atoms with Crippen molar-refractivity contribution in [2.45, 2.75) is 29.8 Å². The van der Waals surface area contributed by atoms with Crippen molar-refractivity contribution in [1.29, 1.82) is 0 Å². The second kappa shape index (κ2) is 3.16. The van der Waals surface area contributed by atoms with E-state index in [2.05, 4.69) is 0 Å². The summed E-state index contributed by atoms with van der Waals surface area (Å²) in [5, 5.41) is 54.7. The van der Waals surface area contributed by atoms with Gasteiger partial charge in [-0.2, -0.15) is 0 Å². The summed E-state index contributed by atoms with van der Waals surface area (Å²) in [6.45, 7) is -1.74. The third kappa shape index (κ3) is 1.35. The molecule has 0 aromatic rings. The van der Waals surface area contributed by atoms with E-state index in [4.69, 9.17) is 16.7 Å². The van der Waals surface area contributed by atoms with Crippen molar-refractivity contribution >= 4 is 0 Å². The molecule has 0 saturated heterocycles. The van der Waals surface area contributed by atoms with Crippen LogP contribution in [0.1, 0.15) is 7.77 Å². The van der Waals surface area contributed by atoms with Gasteiger partial charge in [0.2, 0.25) is 0 Å². The molecule has 0 aromatic heterocycles. The molecule has 1 aliphatic carbocycles. The van der Waals surface area contributed by atoms with Crippen LogP contribution in [0.25, 0.3) is 0 Å². The fourth-order valence-corrected chi connectivity index (χ4v) is 1.42. The molecule has 1 fully saturated rings. The molecule has 1 unspecified atom stereocenters. The molecular formula is C7H14O6. The predicted octanol–water partition coefficient (Wildman–Crippen LogP) is -3.44. The Morgan fingerprint density at radius 3 is 2.31 bits per heavy atom. The first-order valence-electron chi connectivity index (χ1n) is 4.38. The van der Waals surface area contributed by atoms with Gasteiger partial charge in [0.25, 0.3) is 0 Å². The van der Waals surface area contributed by atoms with Crippen molar-refractivity contribution < 1.29 is 32.0 Å². The first-order valence-corrected chi connectivity index (χ1v) is 3.80. The lowest BCUT2D eigenvalue weighted by Crippen LogP contribution is -2.76.